The third kappa shape index (κ3) is 4.54. The number of benzene rings is 2. The van der Waals surface area contributed by atoms with Crippen molar-refractivity contribution >= 4 is 17.8 Å². The molecule has 0 atom stereocenters. The first-order valence-electron chi connectivity index (χ1n) is 7.20. The van der Waals surface area contributed by atoms with Crippen molar-refractivity contribution in [2.24, 2.45) is 0 Å². The van der Waals surface area contributed by atoms with E-state index in [-0.39, 0.29) is 0 Å². The lowest BCUT2D eigenvalue weighted by molar-refractivity contribution is 0.357. The number of methoxy groups -OCH3 is 2. The van der Waals surface area contributed by atoms with Gasteiger partial charge in [-0.1, -0.05) is 30.9 Å². The van der Waals surface area contributed by atoms with Gasteiger partial charge in [-0.25, -0.2) is 0 Å². The fourth-order valence-corrected chi connectivity index (χ4v) is 2.10. The molecular weight excluding hydrogens is 290 g/mol. The van der Waals surface area contributed by atoms with Gasteiger partial charge in [0, 0.05) is 6.07 Å². The van der Waals surface area contributed by atoms with Crippen molar-refractivity contribution in [2.45, 2.75) is 0 Å². The maximum absolute atomic E-state index is 5.92. The number of hydrogen-bond donors (Lipinski definition) is 1. The first kappa shape index (κ1) is 16.5. The van der Waals surface area contributed by atoms with Crippen molar-refractivity contribution in [3.63, 3.8) is 0 Å². The Kier molecular flexibility index (Phi) is 5.69. The Labute approximate surface area is 136 Å². The fourth-order valence-electron chi connectivity index (χ4n) is 2.10. The molecule has 0 heterocycles. The maximum Gasteiger partial charge on any atom is 0.141 e. The Morgan fingerprint density at radius 2 is 1.70 bits per heavy atom. The lowest BCUT2D eigenvalue weighted by Gasteiger charge is -2.08. The van der Waals surface area contributed by atoms with E-state index in [1.807, 2.05) is 48.6 Å². The minimum absolute atomic E-state index is 0.450. The van der Waals surface area contributed by atoms with E-state index in [2.05, 4.69) is 6.58 Å². The molecule has 0 aliphatic rings. The molecule has 0 saturated carbocycles. The number of anilines is 1. The van der Waals surface area contributed by atoms with Crippen molar-refractivity contribution in [1.29, 1.82) is 0 Å². The largest absolute Gasteiger partial charge is 0.497 e. The van der Waals surface area contributed by atoms with Crippen LogP contribution in [0.1, 0.15) is 11.1 Å². The van der Waals surface area contributed by atoms with Crippen LogP contribution in [0.15, 0.2) is 49.1 Å². The van der Waals surface area contributed by atoms with Crippen LogP contribution in [0.2, 0.25) is 0 Å². The Hall–Kier alpha value is -2.88. The Morgan fingerprint density at radius 3 is 2.35 bits per heavy atom. The molecule has 0 aliphatic heterocycles. The third-order valence-corrected chi connectivity index (χ3v) is 3.23. The van der Waals surface area contributed by atoms with Crippen LogP contribution in [0.5, 0.6) is 17.2 Å². The SMILES string of the molecule is C=CCOc1cc(/C=C/c2ccc(OC)c(N)c2)cc(OC)c1. The van der Waals surface area contributed by atoms with E-state index in [0.717, 1.165) is 22.6 Å². The highest BCUT2D eigenvalue weighted by Gasteiger charge is 2.01. The van der Waals surface area contributed by atoms with Crippen molar-refractivity contribution < 1.29 is 14.2 Å². The number of rotatable bonds is 7. The summed E-state index contributed by atoms with van der Waals surface area (Å²) in [5.74, 6) is 2.14. The second kappa shape index (κ2) is 7.94. The maximum atomic E-state index is 5.92. The summed E-state index contributed by atoms with van der Waals surface area (Å²) < 4.78 is 16.0. The zero-order valence-electron chi connectivity index (χ0n) is 13.4. The normalized spacial score (nSPS) is 10.5. The second-order valence-electron chi connectivity index (χ2n) is 4.88. The van der Waals surface area contributed by atoms with E-state index < -0.39 is 0 Å². The molecule has 0 bridgehead atoms. The van der Waals surface area contributed by atoms with Crippen molar-refractivity contribution in [2.75, 3.05) is 26.6 Å². The predicted molar refractivity (Wildman–Crippen MR) is 95.0 cm³/mol. The zero-order chi connectivity index (χ0) is 16.7. The average Bonchev–Trinajstić information content (AvgIpc) is 2.58. The third-order valence-electron chi connectivity index (χ3n) is 3.23. The van der Waals surface area contributed by atoms with E-state index in [4.69, 9.17) is 19.9 Å². The van der Waals surface area contributed by atoms with Crippen LogP contribution in [0.25, 0.3) is 12.2 Å². The smallest absolute Gasteiger partial charge is 0.141 e. The number of ether oxygens (including phenoxy) is 3. The Bertz CT molecular complexity index is 708. The highest BCUT2D eigenvalue weighted by molar-refractivity contribution is 5.73. The van der Waals surface area contributed by atoms with E-state index in [0.29, 0.717) is 18.0 Å². The molecule has 2 aromatic carbocycles. The van der Waals surface area contributed by atoms with Crippen LogP contribution in [0.3, 0.4) is 0 Å². The van der Waals surface area contributed by atoms with E-state index in [1.54, 1.807) is 20.3 Å². The molecular formula is C19H21NO3. The molecule has 0 amide bonds. The number of hydrogen-bond acceptors (Lipinski definition) is 4. The fraction of sp³-hybridized carbons (Fsp3) is 0.158. The number of nitrogens with two attached hydrogens (primary N) is 1. The van der Waals surface area contributed by atoms with Crippen LogP contribution in [-0.4, -0.2) is 20.8 Å². The molecule has 2 rings (SSSR count). The molecule has 0 fully saturated rings. The van der Waals surface area contributed by atoms with Crippen LogP contribution in [0, 0.1) is 0 Å². The van der Waals surface area contributed by atoms with Gasteiger partial charge in [-0.2, -0.15) is 0 Å². The van der Waals surface area contributed by atoms with Gasteiger partial charge in [-0.05, 0) is 35.4 Å². The van der Waals surface area contributed by atoms with Gasteiger partial charge in [0.2, 0.25) is 0 Å². The molecule has 0 unspecified atom stereocenters. The van der Waals surface area contributed by atoms with E-state index in [1.165, 1.54) is 0 Å². The van der Waals surface area contributed by atoms with Gasteiger partial charge in [-0.3, -0.25) is 0 Å². The van der Waals surface area contributed by atoms with Crippen molar-refractivity contribution in [3.05, 3.63) is 60.2 Å². The molecule has 23 heavy (non-hydrogen) atoms. The van der Waals surface area contributed by atoms with Gasteiger partial charge in [0.15, 0.2) is 0 Å². The van der Waals surface area contributed by atoms with Crippen LogP contribution in [-0.2, 0) is 0 Å². The molecule has 0 spiro atoms. The molecule has 0 radical (unpaired) electrons. The summed E-state index contributed by atoms with van der Waals surface area (Å²) in [6, 6.07) is 11.4. The van der Waals surface area contributed by atoms with E-state index in [9.17, 15) is 0 Å². The van der Waals surface area contributed by atoms with Gasteiger partial charge >= 0.3 is 0 Å². The minimum Gasteiger partial charge on any atom is -0.497 e. The van der Waals surface area contributed by atoms with Gasteiger partial charge in [0.05, 0.1) is 19.9 Å². The van der Waals surface area contributed by atoms with Gasteiger partial charge in [0.1, 0.15) is 23.9 Å². The minimum atomic E-state index is 0.450. The zero-order valence-corrected chi connectivity index (χ0v) is 13.4. The standard InChI is InChI=1S/C19H21NO3/c1-4-9-23-17-11-15(10-16(13-17)21-2)6-5-14-7-8-19(22-3)18(20)12-14/h4-8,10-13H,1,9,20H2,2-3H3/b6-5+. The van der Waals surface area contributed by atoms with Crippen LogP contribution < -0.4 is 19.9 Å². The van der Waals surface area contributed by atoms with Gasteiger partial charge in [0.25, 0.3) is 0 Å². The van der Waals surface area contributed by atoms with Crippen LogP contribution >= 0.6 is 0 Å². The molecule has 0 aromatic heterocycles. The van der Waals surface area contributed by atoms with Crippen molar-refractivity contribution in [3.8, 4) is 17.2 Å². The summed E-state index contributed by atoms with van der Waals surface area (Å²) in [4.78, 5) is 0. The molecule has 2 N–H and O–H groups in total. The van der Waals surface area contributed by atoms with E-state index >= 15 is 0 Å². The molecule has 2 aromatic rings. The monoisotopic (exact) mass is 311 g/mol. The summed E-state index contributed by atoms with van der Waals surface area (Å²) in [7, 11) is 3.23. The average molecular weight is 311 g/mol. The Balaban J connectivity index is 2.23. The predicted octanol–water partition coefficient (Wildman–Crippen LogP) is 4.02. The van der Waals surface area contributed by atoms with Crippen molar-refractivity contribution in [1.82, 2.24) is 0 Å². The lowest BCUT2D eigenvalue weighted by atomic mass is 10.1. The molecule has 0 saturated heterocycles. The summed E-state index contributed by atoms with van der Waals surface area (Å²) in [6.07, 6.45) is 5.65. The van der Waals surface area contributed by atoms with Gasteiger partial charge in [-0.15, -0.1) is 0 Å². The molecule has 4 nitrogen and oxygen atoms in total. The Morgan fingerprint density at radius 1 is 0.957 bits per heavy atom. The topological polar surface area (TPSA) is 53.7 Å². The van der Waals surface area contributed by atoms with Gasteiger partial charge < -0.3 is 19.9 Å². The highest BCUT2D eigenvalue weighted by Crippen LogP contribution is 2.26. The lowest BCUT2D eigenvalue weighted by Crippen LogP contribution is -1.94. The van der Waals surface area contributed by atoms with Crippen LogP contribution in [0.4, 0.5) is 5.69 Å². The first-order chi connectivity index (χ1) is 11.2. The summed E-state index contributed by atoms with van der Waals surface area (Å²) in [5.41, 5.74) is 8.48. The summed E-state index contributed by atoms with van der Waals surface area (Å²) >= 11 is 0. The highest BCUT2D eigenvalue weighted by atomic mass is 16.5. The summed E-state index contributed by atoms with van der Waals surface area (Å²) in [5, 5.41) is 0. The molecule has 120 valence electrons. The number of nitrogen functional groups attached to an aromatic ring is 1. The first-order valence-corrected chi connectivity index (χ1v) is 7.20. The quantitative estimate of drug-likeness (QED) is 0.477. The second-order valence-corrected chi connectivity index (χ2v) is 4.88. The molecule has 4 heteroatoms. The molecule has 0 aliphatic carbocycles. The summed E-state index contributed by atoms with van der Waals surface area (Å²) in [6.45, 7) is 4.10.